The number of hydrogen-bond donors (Lipinski definition) is 1. The minimum absolute atomic E-state index is 0.0670. The van der Waals surface area contributed by atoms with Gasteiger partial charge in [-0.2, -0.15) is 0 Å². The van der Waals surface area contributed by atoms with Gasteiger partial charge in [-0.25, -0.2) is 14.6 Å². The average molecular weight is 340 g/mol. The summed E-state index contributed by atoms with van der Waals surface area (Å²) in [7, 11) is 1.66. The zero-order valence-electron chi connectivity index (χ0n) is 14.0. The normalized spacial score (nSPS) is 20.5. The van der Waals surface area contributed by atoms with Crippen LogP contribution in [0.3, 0.4) is 0 Å². The lowest BCUT2D eigenvalue weighted by Crippen LogP contribution is -2.34. The zero-order valence-corrected chi connectivity index (χ0v) is 14.0. The van der Waals surface area contributed by atoms with Crippen LogP contribution in [0.25, 0.3) is 11.2 Å². The highest BCUT2D eigenvalue weighted by atomic mass is 16.5. The first-order chi connectivity index (χ1) is 12.3. The number of nitrogens with zero attached hydrogens (tertiary/aromatic N) is 6. The number of benzene rings is 1. The molecular formula is C17H20N6O2. The van der Waals surface area contributed by atoms with Gasteiger partial charge in [-0.1, -0.05) is 35.5 Å². The summed E-state index contributed by atoms with van der Waals surface area (Å²) in [5.74, 6) is 0.697. The minimum atomic E-state index is -0.399. The van der Waals surface area contributed by atoms with Crippen LogP contribution in [0.5, 0.6) is 0 Å². The van der Waals surface area contributed by atoms with Crippen LogP contribution < -0.4 is 4.90 Å². The molecule has 25 heavy (non-hydrogen) atoms. The first-order valence-corrected chi connectivity index (χ1v) is 8.28. The predicted molar refractivity (Wildman–Crippen MR) is 92.3 cm³/mol. The molecule has 1 aliphatic heterocycles. The molecule has 2 atom stereocenters. The number of rotatable bonds is 5. The molecule has 1 N–H and O–H groups in total. The van der Waals surface area contributed by atoms with Crippen LogP contribution in [0.2, 0.25) is 0 Å². The van der Waals surface area contributed by atoms with E-state index in [4.69, 9.17) is 4.74 Å². The van der Waals surface area contributed by atoms with Gasteiger partial charge >= 0.3 is 0 Å². The van der Waals surface area contributed by atoms with E-state index < -0.39 is 6.10 Å². The fourth-order valence-corrected chi connectivity index (χ4v) is 3.35. The Labute approximate surface area is 145 Å². The van der Waals surface area contributed by atoms with Crippen LogP contribution in [0, 0.1) is 0 Å². The molecule has 0 bridgehead atoms. The number of methoxy groups -OCH3 is 1. The van der Waals surface area contributed by atoms with E-state index in [1.165, 1.54) is 6.33 Å². The van der Waals surface area contributed by atoms with E-state index in [1.54, 1.807) is 11.8 Å². The lowest BCUT2D eigenvalue weighted by Gasteiger charge is -2.24. The number of aliphatic hydroxyl groups excluding tert-OH is 1. The molecule has 0 unspecified atom stereocenters. The van der Waals surface area contributed by atoms with Crippen molar-refractivity contribution in [1.82, 2.24) is 25.0 Å². The third kappa shape index (κ3) is 3.06. The molecule has 0 saturated carbocycles. The standard InChI is InChI=1S/C17H20N6O2/c1-25-10-13-7-14(24)9-22(13)16-15-17(19-11-18-16)23(21-20-15)8-12-5-3-2-4-6-12/h2-6,11,13-14,24H,7-10H2,1H3/t13-,14-/m1/s1. The third-order valence-electron chi connectivity index (χ3n) is 4.48. The van der Waals surface area contributed by atoms with Crippen molar-refractivity contribution >= 4 is 17.0 Å². The molecule has 0 amide bonds. The number of fused-ring (bicyclic) bond motifs is 1. The molecule has 3 aromatic rings. The van der Waals surface area contributed by atoms with Crippen LogP contribution in [0.4, 0.5) is 5.82 Å². The summed E-state index contributed by atoms with van der Waals surface area (Å²) in [5, 5.41) is 18.6. The van der Waals surface area contributed by atoms with E-state index in [0.717, 1.165) is 5.56 Å². The van der Waals surface area contributed by atoms with E-state index in [2.05, 4.69) is 20.3 Å². The van der Waals surface area contributed by atoms with Gasteiger partial charge in [-0.15, -0.1) is 5.10 Å². The van der Waals surface area contributed by atoms with Crippen molar-refractivity contribution in [2.45, 2.75) is 25.1 Å². The molecule has 0 aliphatic carbocycles. The summed E-state index contributed by atoms with van der Waals surface area (Å²) in [6, 6.07) is 10.1. The first kappa shape index (κ1) is 15.9. The minimum Gasteiger partial charge on any atom is -0.391 e. The molecule has 0 spiro atoms. The molecule has 2 aromatic heterocycles. The molecule has 8 heteroatoms. The summed E-state index contributed by atoms with van der Waals surface area (Å²) in [4.78, 5) is 10.8. The predicted octanol–water partition coefficient (Wildman–Crippen LogP) is 0.856. The van der Waals surface area contributed by atoms with Crippen molar-refractivity contribution in [3.8, 4) is 0 Å². The Hall–Kier alpha value is -2.58. The molecule has 8 nitrogen and oxygen atoms in total. The highest BCUT2D eigenvalue weighted by Gasteiger charge is 2.33. The monoisotopic (exact) mass is 340 g/mol. The Morgan fingerprint density at radius 1 is 1.24 bits per heavy atom. The topological polar surface area (TPSA) is 89.2 Å². The Balaban J connectivity index is 1.69. The Kier molecular flexibility index (Phi) is 4.29. The number of aromatic nitrogens is 5. The highest BCUT2D eigenvalue weighted by molar-refractivity contribution is 5.83. The number of aliphatic hydroxyl groups is 1. The maximum Gasteiger partial charge on any atom is 0.184 e. The van der Waals surface area contributed by atoms with Crippen molar-refractivity contribution in [3.05, 3.63) is 42.2 Å². The highest BCUT2D eigenvalue weighted by Crippen LogP contribution is 2.28. The molecule has 1 fully saturated rings. The quantitative estimate of drug-likeness (QED) is 0.736. The fourth-order valence-electron chi connectivity index (χ4n) is 3.35. The molecule has 3 heterocycles. The van der Waals surface area contributed by atoms with Crippen molar-refractivity contribution in [3.63, 3.8) is 0 Å². The first-order valence-electron chi connectivity index (χ1n) is 8.28. The van der Waals surface area contributed by atoms with Crippen LogP contribution in [-0.4, -0.2) is 62.5 Å². The van der Waals surface area contributed by atoms with Gasteiger partial charge in [0.2, 0.25) is 0 Å². The lowest BCUT2D eigenvalue weighted by molar-refractivity contribution is 0.159. The van der Waals surface area contributed by atoms with Crippen LogP contribution >= 0.6 is 0 Å². The second kappa shape index (κ2) is 6.73. The van der Waals surface area contributed by atoms with E-state index in [-0.39, 0.29) is 6.04 Å². The van der Waals surface area contributed by atoms with E-state index >= 15 is 0 Å². The maximum atomic E-state index is 10.0. The number of ether oxygens (including phenoxy) is 1. The smallest absolute Gasteiger partial charge is 0.184 e. The van der Waals surface area contributed by atoms with Gasteiger partial charge in [-0.05, 0) is 12.0 Å². The Bertz CT molecular complexity index is 853. The Morgan fingerprint density at radius 2 is 2.08 bits per heavy atom. The summed E-state index contributed by atoms with van der Waals surface area (Å²) < 4.78 is 7.06. The van der Waals surface area contributed by atoms with Gasteiger partial charge in [0, 0.05) is 13.7 Å². The summed E-state index contributed by atoms with van der Waals surface area (Å²) in [5.41, 5.74) is 2.46. The SMILES string of the molecule is COC[C@H]1C[C@@H](O)CN1c1ncnc2c1nnn2Cc1ccccc1. The van der Waals surface area contributed by atoms with Crippen molar-refractivity contribution < 1.29 is 9.84 Å². The third-order valence-corrected chi connectivity index (χ3v) is 4.48. The summed E-state index contributed by atoms with van der Waals surface area (Å²) in [6.07, 6.45) is 1.78. The van der Waals surface area contributed by atoms with Crippen molar-refractivity contribution in [1.29, 1.82) is 0 Å². The molecule has 130 valence electrons. The van der Waals surface area contributed by atoms with Gasteiger partial charge in [-0.3, -0.25) is 0 Å². The summed E-state index contributed by atoms with van der Waals surface area (Å²) >= 11 is 0. The maximum absolute atomic E-state index is 10.0. The van der Waals surface area contributed by atoms with Gasteiger partial charge in [0.25, 0.3) is 0 Å². The fraction of sp³-hybridized carbons (Fsp3) is 0.412. The van der Waals surface area contributed by atoms with Crippen molar-refractivity contribution in [2.24, 2.45) is 0 Å². The van der Waals surface area contributed by atoms with Crippen LogP contribution in [0.15, 0.2) is 36.7 Å². The lowest BCUT2D eigenvalue weighted by atomic mass is 10.2. The molecule has 1 saturated heterocycles. The second-order valence-electron chi connectivity index (χ2n) is 6.25. The van der Waals surface area contributed by atoms with Gasteiger partial charge in [0.1, 0.15) is 6.33 Å². The van der Waals surface area contributed by atoms with Crippen LogP contribution in [0.1, 0.15) is 12.0 Å². The molecule has 0 radical (unpaired) electrons. The van der Waals surface area contributed by atoms with E-state index in [0.29, 0.717) is 43.1 Å². The molecule has 4 rings (SSSR count). The van der Waals surface area contributed by atoms with Crippen molar-refractivity contribution in [2.75, 3.05) is 25.2 Å². The second-order valence-corrected chi connectivity index (χ2v) is 6.25. The largest absolute Gasteiger partial charge is 0.391 e. The summed E-state index contributed by atoms with van der Waals surface area (Å²) in [6.45, 7) is 1.63. The average Bonchev–Trinajstić information content (AvgIpc) is 3.20. The number of hydrogen-bond acceptors (Lipinski definition) is 7. The zero-order chi connectivity index (χ0) is 17.2. The van der Waals surface area contributed by atoms with Gasteiger partial charge < -0.3 is 14.7 Å². The van der Waals surface area contributed by atoms with Gasteiger partial charge in [0.05, 0.1) is 25.3 Å². The molecule has 1 aromatic carbocycles. The van der Waals surface area contributed by atoms with Gasteiger partial charge in [0.15, 0.2) is 17.0 Å². The molecular weight excluding hydrogens is 320 g/mol. The Morgan fingerprint density at radius 3 is 2.88 bits per heavy atom. The number of anilines is 1. The number of β-amino-alcohol motifs (C(OH)–C–C–N with tert-alkyl or cyclic N) is 1. The molecule has 1 aliphatic rings. The van der Waals surface area contributed by atoms with E-state index in [9.17, 15) is 5.11 Å². The van der Waals surface area contributed by atoms with Crippen LogP contribution in [-0.2, 0) is 11.3 Å². The van der Waals surface area contributed by atoms with E-state index in [1.807, 2.05) is 35.2 Å².